The van der Waals surface area contributed by atoms with E-state index in [1.165, 1.54) is 31.6 Å². The minimum absolute atomic E-state index is 0.0212. The zero-order chi connectivity index (χ0) is 21.4. The average Bonchev–Trinajstić information content (AvgIpc) is 3.26. The van der Waals surface area contributed by atoms with Gasteiger partial charge in [0, 0.05) is 18.0 Å². The first-order valence-corrected chi connectivity index (χ1v) is 10.1. The molecule has 0 unspecified atom stereocenters. The van der Waals surface area contributed by atoms with Gasteiger partial charge in [-0.05, 0) is 42.2 Å². The highest BCUT2D eigenvalue weighted by Crippen LogP contribution is 2.40. The van der Waals surface area contributed by atoms with Crippen molar-refractivity contribution in [3.63, 3.8) is 0 Å². The van der Waals surface area contributed by atoms with Crippen LogP contribution in [0.15, 0.2) is 54.6 Å². The van der Waals surface area contributed by atoms with Crippen LogP contribution >= 0.6 is 0 Å². The Morgan fingerprint density at radius 2 is 1.83 bits per heavy atom. The molecule has 158 valence electrons. The van der Waals surface area contributed by atoms with E-state index in [-0.39, 0.29) is 17.9 Å². The van der Waals surface area contributed by atoms with Crippen molar-refractivity contribution in [3.8, 4) is 11.5 Å². The molecule has 1 fully saturated rings. The number of carbonyl (C=O) groups excluding carboxylic acids is 2. The van der Waals surface area contributed by atoms with Crippen molar-refractivity contribution >= 4 is 17.9 Å². The summed E-state index contributed by atoms with van der Waals surface area (Å²) in [5, 5.41) is 3.07. The third kappa shape index (κ3) is 5.41. The second-order valence-electron chi connectivity index (χ2n) is 7.57. The number of primary amides is 1. The fourth-order valence-electron chi connectivity index (χ4n) is 3.95. The summed E-state index contributed by atoms with van der Waals surface area (Å²) < 4.78 is 10.6. The number of nitrogens with two attached hydrogens (primary N) is 1. The van der Waals surface area contributed by atoms with Crippen molar-refractivity contribution in [1.29, 1.82) is 0 Å². The summed E-state index contributed by atoms with van der Waals surface area (Å²) in [4.78, 5) is 23.3. The summed E-state index contributed by atoms with van der Waals surface area (Å²) >= 11 is 0. The van der Waals surface area contributed by atoms with Crippen LogP contribution in [-0.4, -0.2) is 32.1 Å². The highest BCUT2D eigenvalue weighted by molar-refractivity contribution is 5.91. The average molecular weight is 408 g/mol. The summed E-state index contributed by atoms with van der Waals surface area (Å²) in [5.74, 6) is 0.190. The Morgan fingerprint density at radius 1 is 1.10 bits per heavy atom. The molecule has 0 aliphatic heterocycles. The van der Waals surface area contributed by atoms with Gasteiger partial charge in [-0.2, -0.15) is 0 Å². The molecule has 0 aromatic heterocycles. The van der Waals surface area contributed by atoms with Crippen LogP contribution in [0.25, 0.3) is 6.08 Å². The van der Waals surface area contributed by atoms with E-state index < -0.39 is 5.91 Å². The number of hydrogen-bond donors (Lipinski definition) is 2. The monoisotopic (exact) mass is 408 g/mol. The van der Waals surface area contributed by atoms with Crippen LogP contribution in [0.3, 0.4) is 0 Å². The predicted molar refractivity (Wildman–Crippen MR) is 116 cm³/mol. The van der Waals surface area contributed by atoms with E-state index in [4.69, 9.17) is 15.2 Å². The Bertz CT molecular complexity index is 903. The van der Waals surface area contributed by atoms with Gasteiger partial charge in [0.25, 0.3) is 5.91 Å². The van der Waals surface area contributed by atoms with Crippen LogP contribution in [0.2, 0.25) is 0 Å². The number of rotatable bonds is 9. The largest absolute Gasteiger partial charge is 0.493 e. The number of nitrogens with one attached hydrogen (secondary N) is 1. The first-order valence-electron chi connectivity index (χ1n) is 10.1. The zero-order valence-corrected chi connectivity index (χ0v) is 17.2. The van der Waals surface area contributed by atoms with E-state index in [1.807, 2.05) is 6.07 Å². The second kappa shape index (κ2) is 9.96. The third-order valence-corrected chi connectivity index (χ3v) is 5.53. The van der Waals surface area contributed by atoms with Crippen molar-refractivity contribution in [2.24, 2.45) is 5.73 Å². The van der Waals surface area contributed by atoms with Crippen molar-refractivity contribution < 1.29 is 19.1 Å². The highest BCUT2D eigenvalue weighted by atomic mass is 16.5. The fraction of sp³-hybridized carbons (Fsp3) is 0.333. The van der Waals surface area contributed by atoms with E-state index >= 15 is 0 Å². The van der Waals surface area contributed by atoms with Gasteiger partial charge < -0.3 is 20.5 Å². The van der Waals surface area contributed by atoms with Crippen LogP contribution in [0, 0.1) is 0 Å². The van der Waals surface area contributed by atoms with Crippen LogP contribution in [0.4, 0.5) is 0 Å². The van der Waals surface area contributed by atoms with E-state index in [0.717, 1.165) is 18.4 Å². The Kier molecular flexibility index (Phi) is 7.12. The molecule has 1 aliphatic carbocycles. The maximum absolute atomic E-state index is 12.4. The fourth-order valence-corrected chi connectivity index (χ4v) is 3.95. The van der Waals surface area contributed by atoms with Gasteiger partial charge in [-0.15, -0.1) is 0 Å². The molecule has 3 rings (SSSR count). The maximum Gasteiger partial charge on any atom is 0.255 e. The van der Waals surface area contributed by atoms with Gasteiger partial charge in [0.2, 0.25) is 5.91 Å². The Labute approximate surface area is 177 Å². The van der Waals surface area contributed by atoms with E-state index in [2.05, 4.69) is 29.6 Å². The molecule has 6 nitrogen and oxygen atoms in total. The maximum atomic E-state index is 12.4. The molecule has 0 radical (unpaired) electrons. The molecular formula is C24H28N2O4. The minimum atomic E-state index is -0.562. The molecular weight excluding hydrogens is 380 g/mol. The lowest BCUT2D eigenvalue weighted by atomic mass is 9.79. The molecule has 0 atom stereocenters. The van der Waals surface area contributed by atoms with Crippen LogP contribution in [0.1, 0.15) is 36.8 Å². The first kappa shape index (κ1) is 21.4. The van der Waals surface area contributed by atoms with Gasteiger partial charge in [-0.3, -0.25) is 9.59 Å². The lowest BCUT2D eigenvalue weighted by molar-refractivity contribution is -0.120. The van der Waals surface area contributed by atoms with Gasteiger partial charge in [0.1, 0.15) is 0 Å². The summed E-state index contributed by atoms with van der Waals surface area (Å²) in [5.41, 5.74) is 7.20. The number of ether oxygens (including phenoxy) is 2. The second-order valence-corrected chi connectivity index (χ2v) is 7.57. The molecule has 2 amide bonds. The molecule has 0 spiro atoms. The van der Waals surface area contributed by atoms with Gasteiger partial charge in [-0.1, -0.05) is 49.2 Å². The van der Waals surface area contributed by atoms with E-state index in [9.17, 15) is 9.59 Å². The molecule has 0 bridgehead atoms. The Balaban J connectivity index is 1.62. The number of methoxy groups -OCH3 is 1. The van der Waals surface area contributed by atoms with Crippen LogP contribution in [0.5, 0.6) is 11.5 Å². The number of carbonyl (C=O) groups is 2. The number of amides is 2. The topological polar surface area (TPSA) is 90.7 Å². The first-order chi connectivity index (χ1) is 14.5. The van der Waals surface area contributed by atoms with Crippen LogP contribution in [-0.2, 0) is 15.0 Å². The number of hydrogen-bond acceptors (Lipinski definition) is 4. The Hall–Kier alpha value is -3.28. The van der Waals surface area contributed by atoms with Crippen molar-refractivity contribution in [3.05, 3.63) is 65.7 Å². The quantitative estimate of drug-likeness (QED) is 0.624. The molecule has 0 heterocycles. The van der Waals surface area contributed by atoms with Gasteiger partial charge in [-0.25, -0.2) is 0 Å². The summed E-state index contributed by atoms with van der Waals surface area (Å²) in [6.45, 7) is 0.403. The third-order valence-electron chi connectivity index (χ3n) is 5.53. The van der Waals surface area contributed by atoms with Crippen molar-refractivity contribution in [1.82, 2.24) is 5.32 Å². The van der Waals surface area contributed by atoms with Gasteiger partial charge >= 0.3 is 0 Å². The molecule has 2 aromatic rings. The SMILES string of the molecule is COc1cc(/C=C/C(=O)NCC2(c3ccccc3)CCCC2)ccc1OCC(N)=O. The standard InChI is InChI=1S/C24H28N2O4/c1-29-21-15-18(9-11-20(21)30-16-22(25)27)10-12-23(28)26-17-24(13-5-6-14-24)19-7-3-2-4-8-19/h2-4,7-12,15H,5-6,13-14,16-17H2,1H3,(H2,25,27)(H,26,28)/b12-10+. The predicted octanol–water partition coefficient (Wildman–Crippen LogP) is 3.20. The highest BCUT2D eigenvalue weighted by Gasteiger charge is 2.35. The van der Waals surface area contributed by atoms with E-state index in [0.29, 0.717) is 18.0 Å². The molecule has 3 N–H and O–H groups in total. The summed E-state index contributed by atoms with van der Waals surface area (Å²) in [6, 6.07) is 15.6. The lowest BCUT2D eigenvalue weighted by Crippen LogP contribution is -2.38. The smallest absolute Gasteiger partial charge is 0.255 e. The van der Waals surface area contributed by atoms with Gasteiger partial charge in [0.05, 0.1) is 7.11 Å². The molecule has 0 saturated heterocycles. The van der Waals surface area contributed by atoms with Crippen molar-refractivity contribution in [2.45, 2.75) is 31.1 Å². The molecule has 30 heavy (non-hydrogen) atoms. The van der Waals surface area contributed by atoms with E-state index in [1.54, 1.807) is 24.3 Å². The molecule has 2 aromatic carbocycles. The van der Waals surface area contributed by atoms with Crippen molar-refractivity contribution in [2.75, 3.05) is 20.3 Å². The zero-order valence-electron chi connectivity index (χ0n) is 17.2. The minimum Gasteiger partial charge on any atom is -0.493 e. The number of benzene rings is 2. The summed E-state index contributed by atoms with van der Waals surface area (Å²) in [7, 11) is 1.51. The summed E-state index contributed by atoms with van der Waals surface area (Å²) in [6.07, 6.45) is 7.79. The normalized spacial score (nSPS) is 15.1. The molecule has 1 saturated carbocycles. The Morgan fingerprint density at radius 3 is 2.50 bits per heavy atom. The molecule has 1 aliphatic rings. The van der Waals surface area contributed by atoms with Gasteiger partial charge in [0.15, 0.2) is 18.1 Å². The lowest BCUT2D eigenvalue weighted by Gasteiger charge is -2.29. The van der Waals surface area contributed by atoms with Crippen LogP contribution < -0.4 is 20.5 Å². The molecule has 6 heteroatoms.